The van der Waals surface area contributed by atoms with Gasteiger partial charge in [0.2, 0.25) is 5.91 Å². The first-order valence-corrected chi connectivity index (χ1v) is 7.01. The maximum absolute atomic E-state index is 12.1. The predicted octanol–water partition coefficient (Wildman–Crippen LogP) is -0.675. The summed E-state index contributed by atoms with van der Waals surface area (Å²) < 4.78 is 0. The Balaban J connectivity index is 1.65. The van der Waals surface area contributed by atoms with Gasteiger partial charge < -0.3 is 20.8 Å². The quantitative estimate of drug-likeness (QED) is 0.544. The lowest BCUT2D eigenvalue weighted by molar-refractivity contribution is -0.144. The highest BCUT2D eigenvalue weighted by molar-refractivity contribution is 5.83. The Morgan fingerprint density at radius 1 is 1.16 bits per heavy atom. The SMILES string of the molecule is O=C(NC1C2CCC(C2)C1C(=O)O)C1CC(O)CN1. The Hall–Kier alpha value is -1.14. The summed E-state index contributed by atoms with van der Waals surface area (Å²) in [5.41, 5.74) is 0. The number of aliphatic hydroxyl groups excluding tert-OH is 1. The van der Waals surface area contributed by atoms with E-state index >= 15 is 0 Å². The second-order valence-corrected chi connectivity index (χ2v) is 6.08. The summed E-state index contributed by atoms with van der Waals surface area (Å²) in [5, 5.41) is 24.6. The van der Waals surface area contributed by atoms with E-state index < -0.39 is 18.0 Å². The van der Waals surface area contributed by atoms with Crippen LogP contribution in [0.3, 0.4) is 0 Å². The lowest BCUT2D eigenvalue weighted by Crippen LogP contribution is -2.51. The monoisotopic (exact) mass is 268 g/mol. The highest BCUT2D eigenvalue weighted by Gasteiger charge is 2.52. The van der Waals surface area contributed by atoms with E-state index in [0.29, 0.717) is 18.9 Å². The first-order chi connectivity index (χ1) is 9.06. The van der Waals surface area contributed by atoms with Gasteiger partial charge in [0.05, 0.1) is 18.1 Å². The van der Waals surface area contributed by atoms with Crippen molar-refractivity contribution < 1.29 is 19.8 Å². The lowest BCUT2D eigenvalue weighted by Gasteiger charge is -2.29. The number of amides is 1. The van der Waals surface area contributed by atoms with Crippen molar-refractivity contribution in [2.45, 2.75) is 43.9 Å². The highest BCUT2D eigenvalue weighted by atomic mass is 16.4. The Kier molecular flexibility index (Phi) is 3.22. The molecule has 6 heteroatoms. The van der Waals surface area contributed by atoms with Gasteiger partial charge in [-0.25, -0.2) is 0 Å². The van der Waals surface area contributed by atoms with Gasteiger partial charge in [-0.05, 0) is 37.5 Å². The normalized spacial score (nSPS) is 44.5. The van der Waals surface area contributed by atoms with Crippen molar-refractivity contribution in [1.29, 1.82) is 0 Å². The van der Waals surface area contributed by atoms with E-state index in [1.54, 1.807) is 0 Å². The molecular weight excluding hydrogens is 248 g/mol. The van der Waals surface area contributed by atoms with Crippen molar-refractivity contribution >= 4 is 11.9 Å². The van der Waals surface area contributed by atoms with Gasteiger partial charge in [-0.15, -0.1) is 0 Å². The number of carboxylic acids is 1. The first kappa shape index (κ1) is 12.9. The summed E-state index contributed by atoms with van der Waals surface area (Å²) in [4.78, 5) is 23.5. The molecule has 19 heavy (non-hydrogen) atoms. The average Bonchev–Trinajstić information content (AvgIpc) is 3.03. The van der Waals surface area contributed by atoms with E-state index in [0.717, 1.165) is 19.3 Å². The number of hydrogen-bond donors (Lipinski definition) is 4. The van der Waals surface area contributed by atoms with Crippen molar-refractivity contribution in [3.63, 3.8) is 0 Å². The van der Waals surface area contributed by atoms with E-state index in [2.05, 4.69) is 10.6 Å². The van der Waals surface area contributed by atoms with Crippen molar-refractivity contribution in [1.82, 2.24) is 10.6 Å². The second-order valence-electron chi connectivity index (χ2n) is 6.08. The van der Waals surface area contributed by atoms with E-state index in [1.165, 1.54) is 0 Å². The van der Waals surface area contributed by atoms with Crippen molar-refractivity contribution in [2.24, 2.45) is 17.8 Å². The Morgan fingerprint density at radius 2 is 1.89 bits per heavy atom. The van der Waals surface area contributed by atoms with E-state index in [-0.39, 0.29) is 23.9 Å². The zero-order valence-electron chi connectivity index (χ0n) is 10.7. The standard InChI is InChI=1S/C13H20N2O4/c16-8-4-9(14-5-8)12(17)15-11-7-2-1-6(3-7)10(11)13(18)19/h6-11,14,16H,1-5H2,(H,15,17)(H,18,19). The van der Waals surface area contributed by atoms with Crippen LogP contribution >= 0.6 is 0 Å². The molecule has 3 fully saturated rings. The van der Waals surface area contributed by atoms with Gasteiger partial charge >= 0.3 is 5.97 Å². The topological polar surface area (TPSA) is 98.7 Å². The van der Waals surface area contributed by atoms with Crippen LogP contribution < -0.4 is 10.6 Å². The zero-order valence-corrected chi connectivity index (χ0v) is 10.7. The number of rotatable bonds is 3. The fourth-order valence-corrected chi connectivity index (χ4v) is 4.04. The molecule has 106 valence electrons. The lowest BCUT2D eigenvalue weighted by atomic mass is 9.84. The molecule has 6 unspecified atom stereocenters. The van der Waals surface area contributed by atoms with Gasteiger partial charge in [0.25, 0.3) is 0 Å². The fourth-order valence-electron chi connectivity index (χ4n) is 4.04. The number of carbonyl (C=O) groups is 2. The van der Waals surface area contributed by atoms with Crippen LogP contribution in [0.15, 0.2) is 0 Å². The molecule has 1 heterocycles. The Bertz CT molecular complexity index is 400. The Morgan fingerprint density at radius 3 is 2.53 bits per heavy atom. The molecule has 1 amide bonds. The van der Waals surface area contributed by atoms with Crippen LogP contribution in [0.2, 0.25) is 0 Å². The van der Waals surface area contributed by atoms with Crippen LogP contribution in [0.5, 0.6) is 0 Å². The number of aliphatic carboxylic acids is 1. The second kappa shape index (κ2) is 4.76. The van der Waals surface area contributed by atoms with Crippen LogP contribution in [0.25, 0.3) is 0 Å². The van der Waals surface area contributed by atoms with Crippen molar-refractivity contribution in [2.75, 3.05) is 6.54 Å². The van der Waals surface area contributed by atoms with Crippen molar-refractivity contribution in [3.05, 3.63) is 0 Å². The molecule has 3 rings (SSSR count). The van der Waals surface area contributed by atoms with Crippen LogP contribution in [0, 0.1) is 17.8 Å². The largest absolute Gasteiger partial charge is 0.481 e. The van der Waals surface area contributed by atoms with Crippen LogP contribution in [0.1, 0.15) is 25.7 Å². The molecule has 6 nitrogen and oxygen atoms in total. The minimum Gasteiger partial charge on any atom is -0.481 e. The van der Waals surface area contributed by atoms with E-state index in [4.69, 9.17) is 0 Å². The van der Waals surface area contributed by atoms with E-state index in [1.807, 2.05) is 0 Å². The third-order valence-electron chi connectivity index (χ3n) is 4.93. The Labute approximate surface area is 111 Å². The molecule has 6 atom stereocenters. The van der Waals surface area contributed by atoms with Gasteiger partial charge in [-0.2, -0.15) is 0 Å². The fraction of sp³-hybridized carbons (Fsp3) is 0.846. The molecule has 2 bridgehead atoms. The summed E-state index contributed by atoms with van der Waals surface area (Å²) in [5.74, 6) is -0.873. The van der Waals surface area contributed by atoms with Gasteiger partial charge in [-0.1, -0.05) is 0 Å². The number of β-amino-alcohol motifs (C(OH)–C–C–N with tert-alkyl or cyclic N) is 1. The molecule has 0 spiro atoms. The number of fused-ring (bicyclic) bond motifs is 2. The van der Waals surface area contributed by atoms with Crippen molar-refractivity contribution in [3.8, 4) is 0 Å². The maximum atomic E-state index is 12.1. The molecular formula is C13H20N2O4. The van der Waals surface area contributed by atoms with Crippen LogP contribution in [-0.4, -0.2) is 46.8 Å². The number of hydrogen-bond acceptors (Lipinski definition) is 4. The number of nitrogens with one attached hydrogen (secondary N) is 2. The van der Waals surface area contributed by atoms with Crippen LogP contribution in [0.4, 0.5) is 0 Å². The molecule has 1 saturated heterocycles. The molecule has 0 radical (unpaired) electrons. The molecule has 1 aliphatic heterocycles. The third-order valence-corrected chi connectivity index (χ3v) is 4.93. The minimum atomic E-state index is -0.795. The highest BCUT2D eigenvalue weighted by Crippen LogP contribution is 2.48. The zero-order chi connectivity index (χ0) is 13.6. The van der Waals surface area contributed by atoms with Gasteiger partial charge in [0.1, 0.15) is 0 Å². The smallest absolute Gasteiger partial charge is 0.308 e. The maximum Gasteiger partial charge on any atom is 0.308 e. The van der Waals surface area contributed by atoms with E-state index in [9.17, 15) is 19.8 Å². The number of aliphatic hydroxyl groups is 1. The summed E-state index contributed by atoms with van der Waals surface area (Å²) in [6, 6.07) is -0.619. The first-order valence-electron chi connectivity index (χ1n) is 7.01. The van der Waals surface area contributed by atoms with Gasteiger partial charge in [-0.3, -0.25) is 9.59 Å². The number of carboxylic acid groups (broad SMARTS) is 1. The summed E-state index contributed by atoms with van der Waals surface area (Å²) in [6.45, 7) is 0.428. The average molecular weight is 268 g/mol. The molecule has 0 aromatic rings. The molecule has 2 aliphatic carbocycles. The minimum absolute atomic E-state index is 0.166. The van der Waals surface area contributed by atoms with Gasteiger partial charge in [0, 0.05) is 12.6 Å². The van der Waals surface area contributed by atoms with Gasteiger partial charge in [0.15, 0.2) is 0 Å². The molecule has 2 saturated carbocycles. The third kappa shape index (κ3) is 2.23. The molecule has 0 aromatic carbocycles. The van der Waals surface area contributed by atoms with Crippen LogP contribution in [-0.2, 0) is 9.59 Å². The summed E-state index contributed by atoms with van der Waals surface area (Å²) in [6.07, 6.45) is 2.83. The molecule has 3 aliphatic rings. The molecule has 0 aromatic heterocycles. The molecule has 4 N–H and O–H groups in total. The predicted molar refractivity (Wildman–Crippen MR) is 66.3 cm³/mol. The summed E-state index contributed by atoms with van der Waals surface area (Å²) >= 11 is 0. The number of carbonyl (C=O) groups excluding carboxylic acids is 1. The summed E-state index contributed by atoms with van der Waals surface area (Å²) in [7, 11) is 0.